The minimum Gasteiger partial charge on any atom is -0.454 e. The predicted molar refractivity (Wildman–Crippen MR) is 172 cm³/mol. The van der Waals surface area contributed by atoms with E-state index in [4.69, 9.17) is 32.9 Å². The maximum absolute atomic E-state index is 13.6. The number of imide groups is 1. The molecule has 1 aromatic heterocycles. The van der Waals surface area contributed by atoms with Gasteiger partial charge in [-0.25, -0.2) is 9.78 Å². The van der Waals surface area contributed by atoms with Gasteiger partial charge in [0.1, 0.15) is 5.02 Å². The number of nitrogens with zero attached hydrogens (tertiary/aromatic N) is 3. The lowest BCUT2D eigenvalue weighted by Gasteiger charge is -2.37. The first-order valence-electron chi connectivity index (χ1n) is 15.0. The molecule has 6 unspecified atom stereocenters. The third kappa shape index (κ3) is 4.73. The number of nitro groups is 1. The summed E-state index contributed by atoms with van der Waals surface area (Å²) >= 11 is 12.1. The van der Waals surface area contributed by atoms with Gasteiger partial charge in [0.15, 0.2) is 6.61 Å². The number of halogens is 2. The summed E-state index contributed by atoms with van der Waals surface area (Å²) in [5.74, 6) is -1.10. The van der Waals surface area contributed by atoms with Gasteiger partial charge >= 0.3 is 5.97 Å². The van der Waals surface area contributed by atoms with Crippen LogP contribution in [0.5, 0.6) is 0 Å². The van der Waals surface area contributed by atoms with E-state index in [9.17, 15) is 29.3 Å². The van der Waals surface area contributed by atoms with E-state index in [1.165, 1.54) is 23.1 Å². The van der Waals surface area contributed by atoms with Crippen LogP contribution in [0, 0.1) is 45.6 Å². The van der Waals surface area contributed by atoms with E-state index in [1.807, 2.05) is 0 Å². The number of ether oxygens (including phenoxy) is 1. The minimum atomic E-state index is -0.827. The summed E-state index contributed by atoms with van der Waals surface area (Å²) in [4.78, 5) is 69.8. The van der Waals surface area contributed by atoms with E-state index < -0.39 is 29.0 Å². The second-order valence-corrected chi connectivity index (χ2v) is 13.2. The molecular formula is C35H23Cl2N3O7. The first kappa shape index (κ1) is 29.5. The molecule has 2 bridgehead atoms. The summed E-state index contributed by atoms with van der Waals surface area (Å²) in [5.41, 5.74) is 1.58. The van der Waals surface area contributed by atoms with Crippen LogP contribution in [-0.2, 0) is 14.3 Å². The first-order valence-corrected chi connectivity index (χ1v) is 15.8. The Hall–Kier alpha value is -4.93. The highest BCUT2D eigenvalue weighted by atomic mass is 35.5. The Kier molecular flexibility index (Phi) is 6.78. The number of benzene rings is 3. The minimum absolute atomic E-state index is 0.0350. The first-order chi connectivity index (χ1) is 22.6. The summed E-state index contributed by atoms with van der Waals surface area (Å²) in [6.07, 6.45) is 5.37. The van der Waals surface area contributed by atoms with Crippen LogP contribution >= 0.6 is 23.2 Å². The number of amides is 2. The van der Waals surface area contributed by atoms with Crippen molar-refractivity contribution in [3.8, 4) is 11.3 Å². The van der Waals surface area contributed by atoms with Gasteiger partial charge in [0.2, 0.25) is 17.6 Å². The third-order valence-corrected chi connectivity index (χ3v) is 10.4. The molecule has 3 fully saturated rings. The molecule has 5 aliphatic rings. The number of hydrogen-bond donors (Lipinski definition) is 0. The number of fused-ring (bicyclic) bond motifs is 1. The fourth-order valence-electron chi connectivity index (χ4n) is 7.63. The zero-order chi connectivity index (χ0) is 32.7. The fourth-order valence-corrected chi connectivity index (χ4v) is 7.98. The lowest BCUT2D eigenvalue weighted by molar-refractivity contribution is -0.384. The zero-order valence-electron chi connectivity index (χ0n) is 24.3. The van der Waals surface area contributed by atoms with Gasteiger partial charge in [0.05, 0.1) is 39.2 Å². The highest BCUT2D eigenvalue weighted by Gasteiger charge is 2.67. The number of rotatable bonds is 7. The van der Waals surface area contributed by atoms with Gasteiger partial charge in [-0.3, -0.25) is 29.4 Å². The molecule has 4 aliphatic carbocycles. The predicted octanol–water partition coefficient (Wildman–Crippen LogP) is 6.71. The Morgan fingerprint density at radius 1 is 0.915 bits per heavy atom. The van der Waals surface area contributed by atoms with Gasteiger partial charge in [-0.2, -0.15) is 0 Å². The molecular weight excluding hydrogens is 645 g/mol. The number of hydrogen-bond acceptors (Lipinski definition) is 8. The average Bonchev–Trinajstić information content (AvgIpc) is 3.85. The lowest BCUT2D eigenvalue weighted by Crippen LogP contribution is -2.40. The van der Waals surface area contributed by atoms with Crippen molar-refractivity contribution < 1.29 is 28.8 Å². The Labute approximate surface area is 277 Å². The number of esters is 1. The number of aromatic nitrogens is 1. The molecule has 234 valence electrons. The molecule has 6 atom stereocenters. The number of Topliss-reactive ketones (excluding diaryl/α,β-unsaturated/α-hetero) is 1. The molecule has 47 heavy (non-hydrogen) atoms. The molecule has 9 rings (SSSR count). The van der Waals surface area contributed by atoms with Crippen LogP contribution in [0.15, 0.2) is 78.9 Å². The zero-order valence-corrected chi connectivity index (χ0v) is 25.9. The number of carbonyl (C=O) groups excluding carboxylic acids is 4. The summed E-state index contributed by atoms with van der Waals surface area (Å²) in [7, 11) is 0. The van der Waals surface area contributed by atoms with E-state index in [2.05, 4.69) is 12.2 Å². The smallest absolute Gasteiger partial charge is 0.339 e. The molecule has 4 aromatic rings. The van der Waals surface area contributed by atoms with E-state index in [-0.39, 0.29) is 51.6 Å². The van der Waals surface area contributed by atoms with E-state index >= 15 is 0 Å². The van der Waals surface area contributed by atoms with Crippen molar-refractivity contribution in [3.63, 3.8) is 0 Å². The Morgan fingerprint density at radius 3 is 2.26 bits per heavy atom. The molecule has 1 aliphatic heterocycles. The number of anilines is 1. The molecule has 2 heterocycles. The maximum Gasteiger partial charge on any atom is 0.339 e. The highest BCUT2D eigenvalue weighted by Crippen LogP contribution is 2.65. The summed E-state index contributed by atoms with van der Waals surface area (Å²) in [5, 5.41) is 11.9. The van der Waals surface area contributed by atoms with Crippen molar-refractivity contribution in [2.45, 2.75) is 6.42 Å². The standard InChI is InChI=1S/C35H23Cl2N3O7/c36-18-4-10-27-24(12-18)25(35(44)47-15-30(41)17-3-9-26(37)29(11-17)40(45)46)14-28(38-27)16-1-5-19(6-2-16)39-33(42)31-20-7-8-21(23-13-22(20)23)32(31)34(39)43/h1-12,14,20-23,31-32H,13,15H2. The molecule has 2 amide bonds. The second-order valence-electron chi connectivity index (χ2n) is 12.4. The van der Waals surface area contributed by atoms with E-state index in [1.54, 1.807) is 42.5 Å². The maximum atomic E-state index is 13.6. The van der Waals surface area contributed by atoms with Crippen molar-refractivity contribution in [3.05, 3.63) is 110 Å². The monoisotopic (exact) mass is 667 g/mol. The van der Waals surface area contributed by atoms with Crippen molar-refractivity contribution >= 4 is 69.0 Å². The molecule has 2 saturated carbocycles. The van der Waals surface area contributed by atoms with Gasteiger partial charge in [0.25, 0.3) is 5.69 Å². The molecule has 0 N–H and O–H groups in total. The SMILES string of the molecule is O=C(COC(=O)c1cc(-c2ccc(N3C(=O)C4C5C=CC(C6CC56)C4C3=O)cc2)nc2ccc(Cl)cc12)c1ccc(Cl)c([N+](=O)[O-])c1. The number of ketones is 1. The van der Waals surface area contributed by atoms with Crippen molar-refractivity contribution in [1.29, 1.82) is 0 Å². The van der Waals surface area contributed by atoms with Gasteiger partial charge < -0.3 is 4.74 Å². The average molecular weight is 668 g/mol. The van der Waals surface area contributed by atoms with Crippen LogP contribution in [0.3, 0.4) is 0 Å². The summed E-state index contributed by atoms with van der Waals surface area (Å²) in [6.45, 7) is -0.676. The topological polar surface area (TPSA) is 137 Å². The van der Waals surface area contributed by atoms with Crippen LogP contribution < -0.4 is 4.90 Å². The van der Waals surface area contributed by atoms with E-state index in [0.29, 0.717) is 44.7 Å². The Balaban J connectivity index is 1.06. The Morgan fingerprint density at radius 2 is 1.60 bits per heavy atom. The Bertz CT molecular complexity index is 2080. The summed E-state index contributed by atoms with van der Waals surface area (Å²) in [6, 6.07) is 16.8. The molecule has 1 saturated heterocycles. The third-order valence-electron chi connectivity index (χ3n) is 9.87. The van der Waals surface area contributed by atoms with Gasteiger partial charge in [-0.15, -0.1) is 0 Å². The summed E-state index contributed by atoms with van der Waals surface area (Å²) < 4.78 is 5.35. The quantitative estimate of drug-likeness (QED) is 0.0529. The fraction of sp³-hybridized carbons (Fsp3) is 0.229. The normalized spacial score (nSPS) is 25.1. The number of pyridine rings is 1. The largest absolute Gasteiger partial charge is 0.454 e. The van der Waals surface area contributed by atoms with Crippen molar-refractivity contribution in [2.24, 2.45) is 35.5 Å². The van der Waals surface area contributed by atoms with Crippen LogP contribution in [0.2, 0.25) is 10.0 Å². The van der Waals surface area contributed by atoms with Crippen molar-refractivity contribution in [2.75, 3.05) is 11.5 Å². The van der Waals surface area contributed by atoms with Crippen LogP contribution in [0.1, 0.15) is 27.1 Å². The van der Waals surface area contributed by atoms with Gasteiger partial charge in [-0.05, 0) is 78.6 Å². The van der Waals surface area contributed by atoms with Crippen LogP contribution in [-0.4, -0.2) is 40.1 Å². The van der Waals surface area contributed by atoms with Gasteiger partial charge in [0, 0.05) is 27.6 Å². The van der Waals surface area contributed by atoms with Crippen molar-refractivity contribution in [1.82, 2.24) is 4.98 Å². The molecule has 0 spiro atoms. The number of allylic oxidation sites excluding steroid dienone is 2. The number of carbonyl (C=O) groups is 4. The molecule has 10 nitrogen and oxygen atoms in total. The second kappa shape index (κ2) is 10.8. The highest BCUT2D eigenvalue weighted by molar-refractivity contribution is 6.33. The van der Waals surface area contributed by atoms with E-state index in [0.717, 1.165) is 12.5 Å². The van der Waals surface area contributed by atoms with Gasteiger partial charge in [-0.1, -0.05) is 47.5 Å². The molecule has 0 radical (unpaired) electrons. The van der Waals surface area contributed by atoms with Crippen LogP contribution in [0.25, 0.3) is 22.2 Å². The number of nitro benzene ring substituents is 1. The molecule has 12 heteroatoms. The molecule has 3 aromatic carbocycles. The lowest BCUT2D eigenvalue weighted by atomic mass is 9.63. The van der Waals surface area contributed by atoms with Crippen LogP contribution in [0.4, 0.5) is 11.4 Å².